The first-order valence-corrected chi connectivity index (χ1v) is 43.6. The van der Waals surface area contributed by atoms with Gasteiger partial charge < -0.3 is 33.8 Å². The minimum atomic E-state index is -4.96. The van der Waals surface area contributed by atoms with Gasteiger partial charge in [-0.2, -0.15) is 0 Å². The maximum atomic E-state index is 13.1. The molecule has 2 unspecified atom stereocenters. The molecule has 0 aliphatic carbocycles. The highest BCUT2D eigenvalue weighted by molar-refractivity contribution is 7.47. The lowest BCUT2D eigenvalue weighted by Crippen LogP contribution is -2.30. The van der Waals surface area contributed by atoms with Crippen LogP contribution in [0.3, 0.4) is 0 Å². The summed E-state index contributed by atoms with van der Waals surface area (Å²) in [4.78, 5) is 72.6. The van der Waals surface area contributed by atoms with Crippen molar-refractivity contribution in [1.29, 1.82) is 0 Å². The molecule has 0 heterocycles. The highest BCUT2D eigenvalue weighted by atomic mass is 31.2. The second kappa shape index (κ2) is 71.1. The molecule has 0 rings (SSSR count). The van der Waals surface area contributed by atoms with Gasteiger partial charge in [0.2, 0.25) is 0 Å². The van der Waals surface area contributed by atoms with Crippen molar-refractivity contribution < 1.29 is 80.2 Å². The number of phosphoric acid groups is 2. The van der Waals surface area contributed by atoms with Gasteiger partial charge in [0.15, 0.2) is 12.2 Å². The Labute approximate surface area is 594 Å². The molecule has 0 saturated heterocycles. The van der Waals surface area contributed by atoms with Crippen molar-refractivity contribution in [3.8, 4) is 0 Å². The molecule has 0 radical (unpaired) electrons. The molecule has 17 nitrogen and oxygen atoms in total. The summed E-state index contributed by atoms with van der Waals surface area (Å²) >= 11 is 0. The second-order valence-corrected chi connectivity index (χ2v) is 31.5. The minimum absolute atomic E-state index is 0.107. The first-order valence-electron chi connectivity index (χ1n) is 40.6. The topological polar surface area (TPSA) is 237 Å². The molecule has 0 spiro atoms. The zero-order chi connectivity index (χ0) is 71.2. The highest BCUT2D eigenvalue weighted by Gasteiger charge is 2.30. The van der Waals surface area contributed by atoms with Crippen molar-refractivity contribution in [2.75, 3.05) is 39.6 Å². The van der Waals surface area contributed by atoms with E-state index in [1.807, 2.05) is 0 Å². The van der Waals surface area contributed by atoms with Crippen LogP contribution in [0.5, 0.6) is 0 Å². The molecule has 97 heavy (non-hydrogen) atoms. The number of aliphatic hydroxyl groups excluding tert-OH is 1. The summed E-state index contributed by atoms with van der Waals surface area (Å²) in [6, 6.07) is 0. The molecule has 0 aromatic rings. The SMILES string of the molecule is CCCCCCCCCCCCCCCCCCCCCCCC(=O)O[C@H](COC(=O)CCCCCCCCCCCCCCCCCC(C)C)COP(=O)(O)OC[C@@H](O)COP(=O)(O)OC[C@@H](COC(=O)CCCCCCC)OC(=O)CCCCCCCCCCCCCCC. The van der Waals surface area contributed by atoms with Crippen molar-refractivity contribution in [3.63, 3.8) is 0 Å². The first kappa shape index (κ1) is 95.1. The van der Waals surface area contributed by atoms with Gasteiger partial charge in [0.05, 0.1) is 26.4 Å². The van der Waals surface area contributed by atoms with Gasteiger partial charge in [-0.3, -0.25) is 37.3 Å². The van der Waals surface area contributed by atoms with Crippen LogP contribution in [0.2, 0.25) is 0 Å². The molecule has 0 fully saturated rings. The summed E-state index contributed by atoms with van der Waals surface area (Å²) in [6.07, 6.45) is 61.6. The normalized spacial score (nSPS) is 13.9. The second-order valence-electron chi connectivity index (χ2n) is 28.6. The van der Waals surface area contributed by atoms with Crippen molar-refractivity contribution in [1.82, 2.24) is 0 Å². The van der Waals surface area contributed by atoms with Gasteiger partial charge in [0, 0.05) is 25.7 Å². The molecular formula is C78H152O17P2. The van der Waals surface area contributed by atoms with Crippen LogP contribution in [0.4, 0.5) is 0 Å². The quantitative estimate of drug-likeness (QED) is 0.0222. The fourth-order valence-corrected chi connectivity index (χ4v) is 13.6. The summed E-state index contributed by atoms with van der Waals surface area (Å²) in [5.41, 5.74) is 0. The maximum absolute atomic E-state index is 13.1. The van der Waals surface area contributed by atoms with E-state index in [1.54, 1.807) is 0 Å². The Hall–Kier alpha value is -1.94. The van der Waals surface area contributed by atoms with Crippen LogP contribution in [0.1, 0.15) is 413 Å². The van der Waals surface area contributed by atoms with Gasteiger partial charge in [-0.1, -0.05) is 362 Å². The Balaban J connectivity index is 5.12. The number of carbonyl (C=O) groups is 4. The predicted octanol–water partition coefficient (Wildman–Crippen LogP) is 23.3. The third-order valence-corrected chi connectivity index (χ3v) is 20.2. The number of rotatable bonds is 78. The van der Waals surface area contributed by atoms with E-state index in [0.29, 0.717) is 25.7 Å². The Bertz CT molecular complexity index is 1860. The van der Waals surface area contributed by atoms with E-state index in [0.717, 1.165) is 102 Å². The lowest BCUT2D eigenvalue weighted by Gasteiger charge is -2.21. The molecule has 0 bridgehead atoms. The summed E-state index contributed by atoms with van der Waals surface area (Å²) in [6.45, 7) is 7.25. The molecule has 0 aromatic heterocycles. The predicted molar refractivity (Wildman–Crippen MR) is 395 cm³/mol. The number of hydrogen-bond acceptors (Lipinski definition) is 15. The number of aliphatic hydroxyl groups is 1. The number of carbonyl (C=O) groups excluding carboxylic acids is 4. The molecule has 19 heteroatoms. The highest BCUT2D eigenvalue weighted by Crippen LogP contribution is 2.45. The molecule has 0 aromatic carbocycles. The summed E-state index contributed by atoms with van der Waals surface area (Å²) in [7, 11) is -9.90. The van der Waals surface area contributed by atoms with E-state index in [-0.39, 0.29) is 25.7 Å². The summed E-state index contributed by atoms with van der Waals surface area (Å²) < 4.78 is 68.4. The third kappa shape index (κ3) is 72.2. The largest absolute Gasteiger partial charge is 0.472 e. The van der Waals surface area contributed by atoms with Gasteiger partial charge >= 0.3 is 39.5 Å². The number of ether oxygens (including phenoxy) is 4. The van der Waals surface area contributed by atoms with Crippen LogP contribution in [0, 0.1) is 5.92 Å². The molecule has 0 aliphatic rings. The molecular weight excluding hydrogens is 1270 g/mol. The van der Waals surface area contributed by atoms with Crippen molar-refractivity contribution in [2.24, 2.45) is 5.92 Å². The van der Waals surface area contributed by atoms with Crippen LogP contribution < -0.4 is 0 Å². The van der Waals surface area contributed by atoms with E-state index in [2.05, 4.69) is 34.6 Å². The van der Waals surface area contributed by atoms with Crippen molar-refractivity contribution in [2.45, 2.75) is 432 Å². The number of esters is 4. The minimum Gasteiger partial charge on any atom is -0.462 e. The van der Waals surface area contributed by atoms with Crippen molar-refractivity contribution >= 4 is 39.5 Å². The number of unbranched alkanes of at least 4 members (excludes halogenated alkanes) is 50. The average Bonchev–Trinajstić information content (AvgIpc) is 1.47. The van der Waals surface area contributed by atoms with E-state index in [1.165, 1.54) is 231 Å². The fraction of sp³-hybridized carbons (Fsp3) is 0.949. The smallest absolute Gasteiger partial charge is 0.462 e. The van der Waals surface area contributed by atoms with E-state index in [4.69, 9.17) is 37.0 Å². The van der Waals surface area contributed by atoms with Crippen LogP contribution in [0.25, 0.3) is 0 Å². The molecule has 3 N–H and O–H groups in total. The molecule has 0 aliphatic heterocycles. The lowest BCUT2D eigenvalue weighted by atomic mass is 10.0. The zero-order valence-corrected chi connectivity index (χ0v) is 65.0. The monoisotopic (exact) mass is 1420 g/mol. The third-order valence-electron chi connectivity index (χ3n) is 18.3. The number of hydrogen-bond donors (Lipinski definition) is 3. The van der Waals surface area contributed by atoms with Crippen LogP contribution in [0.15, 0.2) is 0 Å². The van der Waals surface area contributed by atoms with E-state index in [9.17, 15) is 43.2 Å². The molecule has 0 amide bonds. The molecule has 5 atom stereocenters. The Morgan fingerprint density at radius 3 is 0.701 bits per heavy atom. The van der Waals surface area contributed by atoms with E-state index < -0.39 is 97.5 Å². The molecule has 576 valence electrons. The Morgan fingerprint density at radius 1 is 0.278 bits per heavy atom. The standard InChI is InChI=1S/C78H152O17P2/c1-6-9-12-15-17-19-21-23-24-25-26-27-28-29-32-37-41-45-49-54-59-64-78(83)95-74(68-89-76(81)62-57-52-47-43-39-36-33-30-31-35-38-42-46-51-55-60-71(4)5)70-93-97(86,87)91-66-72(79)65-90-96(84,85)92-69-73(67-88-75(80)61-56-50-14-11-8-3)94-77(82)63-58-53-48-44-40-34-22-20-18-16-13-10-7-2/h71-74,79H,6-70H2,1-5H3,(H,84,85)(H,86,87)/t72-,73+,74+/m0/s1. The van der Waals surface area contributed by atoms with E-state index >= 15 is 0 Å². The first-order chi connectivity index (χ1) is 47.0. The van der Waals surface area contributed by atoms with Gasteiger partial charge in [0.1, 0.15) is 19.3 Å². The van der Waals surface area contributed by atoms with Crippen LogP contribution in [-0.4, -0.2) is 96.7 Å². The van der Waals surface area contributed by atoms with Crippen LogP contribution in [-0.2, 0) is 65.4 Å². The van der Waals surface area contributed by atoms with Gasteiger partial charge in [-0.25, -0.2) is 9.13 Å². The van der Waals surface area contributed by atoms with Gasteiger partial charge in [-0.15, -0.1) is 0 Å². The summed E-state index contributed by atoms with van der Waals surface area (Å²) in [5.74, 6) is -1.32. The van der Waals surface area contributed by atoms with Crippen molar-refractivity contribution in [3.05, 3.63) is 0 Å². The van der Waals surface area contributed by atoms with Gasteiger partial charge in [0.25, 0.3) is 0 Å². The van der Waals surface area contributed by atoms with Gasteiger partial charge in [-0.05, 0) is 31.6 Å². The zero-order valence-electron chi connectivity index (χ0n) is 63.2. The lowest BCUT2D eigenvalue weighted by molar-refractivity contribution is -0.161. The Kier molecular flexibility index (Phi) is 69.6. The maximum Gasteiger partial charge on any atom is 0.472 e. The fourth-order valence-electron chi connectivity index (χ4n) is 12.1. The van der Waals surface area contributed by atoms with Crippen LogP contribution >= 0.6 is 15.6 Å². The summed E-state index contributed by atoms with van der Waals surface area (Å²) in [5, 5.41) is 10.6. The average molecular weight is 1420 g/mol. The number of phosphoric ester groups is 2. The molecule has 0 saturated carbocycles. The Morgan fingerprint density at radius 2 is 0.474 bits per heavy atom.